The summed E-state index contributed by atoms with van der Waals surface area (Å²) in [5, 5.41) is 1.73. The van der Waals surface area contributed by atoms with Crippen molar-refractivity contribution in [1.29, 1.82) is 0 Å². The zero-order valence-corrected chi connectivity index (χ0v) is 18.1. The van der Waals surface area contributed by atoms with Crippen molar-refractivity contribution in [1.82, 2.24) is 4.31 Å². The Balaban J connectivity index is 1.44. The van der Waals surface area contributed by atoms with Crippen LogP contribution in [0.1, 0.15) is 23.0 Å². The molecule has 1 saturated heterocycles. The Bertz CT molecular complexity index is 844. The highest BCUT2D eigenvalue weighted by atomic mass is 32.2. The minimum absolute atomic E-state index is 0.167. The lowest BCUT2D eigenvalue weighted by Crippen LogP contribution is -2.28. The Morgan fingerprint density at radius 1 is 1.19 bits per heavy atom. The highest BCUT2D eigenvalue weighted by Crippen LogP contribution is 2.45. The predicted molar refractivity (Wildman–Crippen MR) is 113 cm³/mol. The number of esters is 1. The van der Waals surface area contributed by atoms with Crippen LogP contribution in [0.5, 0.6) is 5.75 Å². The van der Waals surface area contributed by atoms with Crippen LogP contribution in [-0.2, 0) is 14.8 Å². The molecule has 9 heteroatoms. The van der Waals surface area contributed by atoms with Gasteiger partial charge in [0.25, 0.3) is 10.0 Å². The maximum atomic E-state index is 12.3. The first-order valence-electron chi connectivity index (χ1n) is 8.50. The van der Waals surface area contributed by atoms with Gasteiger partial charge in [0, 0.05) is 31.5 Å². The third-order valence-corrected chi connectivity index (χ3v) is 10.4. The summed E-state index contributed by atoms with van der Waals surface area (Å²) in [4.78, 5) is 12.0. The summed E-state index contributed by atoms with van der Waals surface area (Å²) < 4.78 is 32.0. The third-order valence-electron chi connectivity index (χ3n) is 4.02. The van der Waals surface area contributed by atoms with Gasteiger partial charge in [0.2, 0.25) is 0 Å². The molecular formula is C18H21NO4S4. The summed E-state index contributed by atoms with van der Waals surface area (Å²) in [5.41, 5.74) is 1.24. The van der Waals surface area contributed by atoms with E-state index in [1.807, 2.05) is 47.8 Å². The zero-order valence-electron chi connectivity index (χ0n) is 14.9. The van der Waals surface area contributed by atoms with Crippen LogP contribution in [0.25, 0.3) is 0 Å². The van der Waals surface area contributed by atoms with Crippen molar-refractivity contribution in [2.24, 2.45) is 0 Å². The summed E-state index contributed by atoms with van der Waals surface area (Å²) in [6, 6.07) is 10.9. The topological polar surface area (TPSA) is 63.7 Å². The summed E-state index contributed by atoms with van der Waals surface area (Å²) in [7, 11) is -1.94. The highest BCUT2D eigenvalue weighted by Gasteiger charge is 2.22. The molecule has 2 heterocycles. The molecule has 2 aromatic rings. The van der Waals surface area contributed by atoms with E-state index in [-0.39, 0.29) is 18.9 Å². The maximum Gasteiger partial charge on any atom is 0.311 e. The van der Waals surface area contributed by atoms with Crippen molar-refractivity contribution >= 4 is 50.9 Å². The van der Waals surface area contributed by atoms with Crippen molar-refractivity contribution in [3.8, 4) is 5.75 Å². The largest absolute Gasteiger partial charge is 0.427 e. The Morgan fingerprint density at radius 3 is 2.52 bits per heavy atom. The van der Waals surface area contributed by atoms with E-state index in [1.165, 1.54) is 39.8 Å². The van der Waals surface area contributed by atoms with E-state index in [4.69, 9.17) is 4.74 Å². The minimum atomic E-state index is -3.47. The molecule has 3 rings (SSSR count). The number of thiophene rings is 1. The predicted octanol–water partition coefficient (Wildman–Crippen LogP) is 4.23. The average Bonchev–Trinajstić information content (AvgIpc) is 3.36. The van der Waals surface area contributed by atoms with Gasteiger partial charge < -0.3 is 4.74 Å². The lowest BCUT2D eigenvalue weighted by molar-refractivity contribution is -0.134. The molecule has 1 aliphatic rings. The fraction of sp³-hybridized carbons (Fsp3) is 0.389. The molecule has 0 amide bonds. The molecule has 27 heavy (non-hydrogen) atoms. The molecule has 0 atom stereocenters. The number of hydrogen-bond acceptors (Lipinski definition) is 7. The van der Waals surface area contributed by atoms with Crippen LogP contribution in [0.2, 0.25) is 0 Å². The van der Waals surface area contributed by atoms with Gasteiger partial charge in [-0.1, -0.05) is 18.2 Å². The van der Waals surface area contributed by atoms with E-state index in [1.54, 1.807) is 17.5 Å². The monoisotopic (exact) mass is 443 g/mol. The number of benzene rings is 1. The van der Waals surface area contributed by atoms with Gasteiger partial charge in [0.05, 0.1) is 4.58 Å². The molecular weight excluding hydrogens is 422 g/mol. The standard InChI is InChI=1S/C18H21NO4S4/c1-19(27(21,22)17-5-3-11-24-17)10-2-4-16(20)23-15-8-6-14(7-9-15)18-25-12-13-26-18/h3,5-9,11,18H,2,4,10,12-13H2,1H3. The second kappa shape index (κ2) is 9.47. The fourth-order valence-electron chi connectivity index (χ4n) is 2.56. The van der Waals surface area contributed by atoms with Gasteiger partial charge >= 0.3 is 5.97 Å². The Morgan fingerprint density at radius 2 is 1.89 bits per heavy atom. The summed E-state index contributed by atoms with van der Waals surface area (Å²) >= 11 is 5.05. The number of carbonyl (C=O) groups is 1. The first-order chi connectivity index (χ1) is 13.0. The molecule has 5 nitrogen and oxygen atoms in total. The number of hydrogen-bond donors (Lipinski definition) is 0. The maximum absolute atomic E-state index is 12.3. The molecule has 1 fully saturated rings. The number of carbonyl (C=O) groups excluding carboxylic acids is 1. The number of sulfonamides is 1. The van der Waals surface area contributed by atoms with Gasteiger partial charge in [0.15, 0.2) is 0 Å². The summed E-state index contributed by atoms with van der Waals surface area (Å²) in [6.45, 7) is 0.268. The van der Waals surface area contributed by atoms with Crippen LogP contribution in [0, 0.1) is 0 Å². The minimum Gasteiger partial charge on any atom is -0.427 e. The van der Waals surface area contributed by atoms with E-state index >= 15 is 0 Å². The van der Waals surface area contributed by atoms with Gasteiger partial charge in [-0.3, -0.25) is 4.79 Å². The molecule has 1 aromatic heterocycles. The van der Waals surface area contributed by atoms with Gasteiger partial charge in [-0.25, -0.2) is 12.7 Å². The lowest BCUT2D eigenvalue weighted by atomic mass is 10.2. The fourth-order valence-corrected chi connectivity index (χ4v) is 7.83. The first kappa shape index (κ1) is 20.7. The summed E-state index contributed by atoms with van der Waals surface area (Å²) in [6.07, 6.45) is 0.577. The van der Waals surface area contributed by atoms with Crippen LogP contribution in [0.15, 0.2) is 46.0 Å². The number of rotatable bonds is 8. The van der Waals surface area contributed by atoms with Crippen molar-refractivity contribution in [3.05, 3.63) is 47.3 Å². The highest BCUT2D eigenvalue weighted by molar-refractivity contribution is 8.19. The molecule has 0 saturated carbocycles. The van der Waals surface area contributed by atoms with E-state index in [9.17, 15) is 13.2 Å². The smallest absolute Gasteiger partial charge is 0.311 e. The Hall–Kier alpha value is -1.00. The molecule has 0 N–H and O–H groups in total. The van der Waals surface area contributed by atoms with Gasteiger partial charge in [-0.15, -0.1) is 34.9 Å². The molecule has 0 radical (unpaired) electrons. The zero-order chi connectivity index (χ0) is 19.3. The molecule has 0 unspecified atom stereocenters. The molecule has 0 spiro atoms. The lowest BCUT2D eigenvalue weighted by Gasteiger charge is -2.15. The van der Waals surface area contributed by atoms with E-state index in [0.29, 0.717) is 21.0 Å². The van der Waals surface area contributed by atoms with Gasteiger partial charge in [-0.05, 0) is 35.6 Å². The SMILES string of the molecule is CN(CCCC(=O)Oc1ccc(C2SCCS2)cc1)S(=O)(=O)c1cccs1. The normalized spacial score (nSPS) is 15.3. The molecule has 1 aliphatic heterocycles. The van der Waals surface area contributed by atoms with Crippen LogP contribution < -0.4 is 4.74 Å². The summed E-state index contributed by atoms with van der Waals surface area (Å²) in [5.74, 6) is 2.51. The van der Waals surface area contributed by atoms with Crippen LogP contribution in [0.3, 0.4) is 0 Å². The van der Waals surface area contributed by atoms with Crippen LogP contribution in [-0.4, -0.2) is 43.8 Å². The Kier molecular flexibility index (Phi) is 7.27. The van der Waals surface area contributed by atoms with Crippen molar-refractivity contribution < 1.29 is 17.9 Å². The quantitative estimate of drug-likeness (QED) is 0.449. The molecule has 1 aromatic carbocycles. The van der Waals surface area contributed by atoms with Gasteiger partial charge in [0.1, 0.15) is 9.96 Å². The molecule has 146 valence electrons. The van der Waals surface area contributed by atoms with Crippen molar-refractivity contribution in [2.75, 3.05) is 25.1 Å². The average molecular weight is 444 g/mol. The second-order valence-electron chi connectivity index (χ2n) is 5.98. The van der Waals surface area contributed by atoms with E-state index in [2.05, 4.69) is 0 Å². The number of thioether (sulfide) groups is 2. The van der Waals surface area contributed by atoms with Crippen molar-refractivity contribution in [3.63, 3.8) is 0 Å². The Labute approximate surface area is 172 Å². The molecule has 0 bridgehead atoms. The van der Waals surface area contributed by atoms with E-state index < -0.39 is 10.0 Å². The van der Waals surface area contributed by atoms with E-state index in [0.717, 1.165) is 0 Å². The van der Waals surface area contributed by atoms with Crippen LogP contribution in [0.4, 0.5) is 0 Å². The number of ether oxygens (including phenoxy) is 1. The third kappa shape index (κ3) is 5.51. The van der Waals surface area contributed by atoms with Crippen molar-refractivity contribution in [2.45, 2.75) is 21.6 Å². The van der Waals surface area contributed by atoms with Crippen LogP contribution >= 0.6 is 34.9 Å². The second-order valence-corrected chi connectivity index (χ2v) is 11.9. The first-order valence-corrected chi connectivity index (χ1v) is 12.9. The van der Waals surface area contributed by atoms with Gasteiger partial charge in [-0.2, -0.15) is 0 Å². The molecule has 0 aliphatic carbocycles. The number of nitrogens with zero attached hydrogens (tertiary/aromatic N) is 1.